The van der Waals surface area contributed by atoms with Crippen LogP contribution in [0.25, 0.3) is 21.8 Å². The van der Waals surface area contributed by atoms with Crippen LogP contribution in [0.3, 0.4) is 0 Å². The molecule has 4 rings (SSSR count). The van der Waals surface area contributed by atoms with Gasteiger partial charge in [0.2, 0.25) is 0 Å². The van der Waals surface area contributed by atoms with Gasteiger partial charge >= 0.3 is 0 Å². The van der Waals surface area contributed by atoms with Crippen molar-refractivity contribution in [2.75, 3.05) is 12.4 Å². The Balaban J connectivity index is 1.54. The molecule has 30 heavy (non-hydrogen) atoms. The summed E-state index contributed by atoms with van der Waals surface area (Å²) in [6.07, 6.45) is 0. The van der Waals surface area contributed by atoms with Gasteiger partial charge in [0.05, 0.1) is 23.4 Å². The summed E-state index contributed by atoms with van der Waals surface area (Å²) in [5.74, 6) is -0.890. The van der Waals surface area contributed by atoms with Gasteiger partial charge in [-0.3, -0.25) is 4.79 Å². The van der Waals surface area contributed by atoms with Crippen LogP contribution < -0.4 is 10.1 Å². The lowest BCUT2D eigenvalue weighted by molar-refractivity contribution is 0.102. The minimum absolute atomic E-state index is 0.0806. The van der Waals surface area contributed by atoms with Crippen LogP contribution in [0, 0.1) is 5.82 Å². The molecule has 0 aliphatic heterocycles. The molecule has 0 fully saturated rings. The zero-order chi connectivity index (χ0) is 21.1. The molecule has 4 aromatic rings. The van der Waals surface area contributed by atoms with E-state index in [-0.39, 0.29) is 5.56 Å². The van der Waals surface area contributed by atoms with Gasteiger partial charge in [0.25, 0.3) is 5.91 Å². The van der Waals surface area contributed by atoms with Crippen LogP contribution in [0.15, 0.2) is 72.1 Å². The molecule has 3 aromatic carbocycles. The third kappa shape index (κ3) is 4.20. The summed E-state index contributed by atoms with van der Waals surface area (Å²) in [7, 11) is 1.43. The number of nitrogens with zero attached hydrogens (tertiary/aromatic N) is 1. The van der Waals surface area contributed by atoms with E-state index in [0.29, 0.717) is 16.5 Å². The number of hydrogen-bond donors (Lipinski definition) is 1. The number of hydrogen-bond acceptors (Lipinski definition) is 4. The van der Waals surface area contributed by atoms with Gasteiger partial charge in [0.1, 0.15) is 16.6 Å². The lowest BCUT2D eigenvalue weighted by atomic mass is 10.1. The van der Waals surface area contributed by atoms with Crippen LogP contribution in [0.1, 0.15) is 10.4 Å². The lowest BCUT2D eigenvalue weighted by Gasteiger charge is -2.09. The average molecular weight is 439 g/mol. The monoisotopic (exact) mass is 438 g/mol. The van der Waals surface area contributed by atoms with Gasteiger partial charge in [-0.15, -0.1) is 11.3 Å². The van der Waals surface area contributed by atoms with E-state index in [9.17, 15) is 9.18 Å². The van der Waals surface area contributed by atoms with Gasteiger partial charge in [0, 0.05) is 28.3 Å². The van der Waals surface area contributed by atoms with Crippen molar-refractivity contribution in [1.29, 1.82) is 0 Å². The van der Waals surface area contributed by atoms with E-state index in [1.54, 1.807) is 18.2 Å². The minimum atomic E-state index is -0.662. The molecule has 4 nitrogen and oxygen atoms in total. The SMILES string of the molecule is COc1ccc(C(=O)Nc2ccc(-c3csc(-c4ccccc4)n3)c(Cl)c2)c(F)c1. The molecule has 1 aromatic heterocycles. The Kier molecular flexibility index (Phi) is 5.79. The number of methoxy groups -OCH3 is 1. The van der Waals surface area contributed by atoms with E-state index < -0.39 is 11.7 Å². The smallest absolute Gasteiger partial charge is 0.258 e. The lowest BCUT2D eigenvalue weighted by Crippen LogP contribution is -2.13. The number of ether oxygens (including phenoxy) is 1. The molecule has 1 amide bonds. The van der Waals surface area contributed by atoms with Crippen molar-refractivity contribution >= 4 is 34.5 Å². The van der Waals surface area contributed by atoms with Gasteiger partial charge in [-0.1, -0.05) is 41.9 Å². The standard InChI is InChI=1S/C23H16ClFN2O2S/c1-29-16-8-10-18(20(25)12-16)22(28)26-15-7-9-17(19(24)11-15)21-13-30-23(27-21)14-5-3-2-4-6-14/h2-13H,1H3,(H,26,28). The fourth-order valence-corrected chi connectivity index (χ4v) is 4.02. The summed E-state index contributed by atoms with van der Waals surface area (Å²) < 4.78 is 19.1. The van der Waals surface area contributed by atoms with Gasteiger partial charge in [-0.2, -0.15) is 0 Å². The number of halogens is 2. The maximum Gasteiger partial charge on any atom is 0.258 e. The predicted octanol–water partition coefficient (Wildman–Crippen LogP) is 6.53. The highest BCUT2D eigenvalue weighted by atomic mass is 35.5. The number of benzene rings is 3. The summed E-state index contributed by atoms with van der Waals surface area (Å²) in [6, 6.07) is 19.1. The number of carbonyl (C=O) groups is 1. The number of aromatic nitrogens is 1. The first kappa shape index (κ1) is 20.1. The third-order valence-electron chi connectivity index (χ3n) is 4.45. The molecule has 0 bridgehead atoms. The van der Waals surface area contributed by atoms with Crippen molar-refractivity contribution in [2.24, 2.45) is 0 Å². The number of anilines is 1. The number of carbonyl (C=O) groups excluding carboxylic acids is 1. The Bertz CT molecular complexity index is 1210. The molecule has 0 aliphatic rings. The number of nitrogens with one attached hydrogen (secondary N) is 1. The molecule has 7 heteroatoms. The third-order valence-corrected chi connectivity index (χ3v) is 5.65. The van der Waals surface area contributed by atoms with E-state index in [1.807, 2.05) is 35.7 Å². The van der Waals surface area contributed by atoms with Crippen LogP contribution in [0.5, 0.6) is 5.75 Å². The molecular formula is C23H16ClFN2O2S. The van der Waals surface area contributed by atoms with Crippen molar-refractivity contribution in [3.05, 3.63) is 88.5 Å². The molecule has 0 spiro atoms. The zero-order valence-electron chi connectivity index (χ0n) is 15.9. The Hall–Kier alpha value is -3.22. The van der Waals surface area contributed by atoms with E-state index in [2.05, 4.69) is 10.3 Å². The fourth-order valence-electron chi connectivity index (χ4n) is 2.92. The van der Waals surface area contributed by atoms with Gasteiger partial charge < -0.3 is 10.1 Å². The van der Waals surface area contributed by atoms with E-state index >= 15 is 0 Å². The zero-order valence-corrected chi connectivity index (χ0v) is 17.4. The molecule has 0 radical (unpaired) electrons. The number of thiazole rings is 1. The molecule has 0 saturated heterocycles. The second-order valence-corrected chi connectivity index (χ2v) is 7.66. The highest BCUT2D eigenvalue weighted by Crippen LogP contribution is 2.34. The molecular weight excluding hydrogens is 423 g/mol. The molecule has 0 saturated carbocycles. The summed E-state index contributed by atoms with van der Waals surface area (Å²) >= 11 is 7.97. The first-order chi connectivity index (χ1) is 14.5. The Labute approximate surface area is 181 Å². The summed E-state index contributed by atoms with van der Waals surface area (Å²) in [6.45, 7) is 0. The maximum atomic E-state index is 14.1. The maximum absolute atomic E-state index is 14.1. The molecule has 0 unspecified atom stereocenters. The van der Waals surface area contributed by atoms with E-state index in [1.165, 1.54) is 30.6 Å². The van der Waals surface area contributed by atoms with Crippen molar-refractivity contribution in [1.82, 2.24) is 4.98 Å². The average Bonchev–Trinajstić information content (AvgIpc) is 3.24. The van der Waals surface area contributed by atoms with E-state index in [0.717, 1.165) is 27.9 Å². The molecule has 0 aliphatic carbocycles. The molecule has 1 heterocycles. The first-order valence-electron chi connectivity index (χ1n) is 9.01. The first-order valence-corrected chi connectivity index (χ1v) is 10.3. The minimum Gasteiger partial charge on any atom is -0.497 e. The largest absolute Gasteiger partial charge is 0.497 e. The molecule has 1 N–H and O–H groups in total. The number of amides is 1. The second kappa shape index (κ2) is 8.65. The highest BCUT2D eigenvalue weighted by molar-refractivity contribution is 7.13. The van der Waals surface area contributed by atoms with Crippen molar-refractivity contribution in [3.63, 3.8) is 0 Å². The van der Waals surface area contributed by atoms with Gasteiger partial charge in [-0.25, -0.2) is 9.37 Å². The van der Waals surface area contributed by atoms with Crippen molar-refractivity contribution in [2.45, 2.75) is 0 Å². The summed E-state index contributed by atoms with van der Waals surface area (Å²) in [5.41, 5.74) is 2.92. The van der Waals surface area contributed by atoms with Crippen LogP contribution in [-0.4, -0.2) is 18.0 Å². The van der Waals surface area contributed by atoms with Crippen LogP contribution in [0.4, 0.5) is 10.1 Å². The Morgan fingerprint density at radius 2 is 1.90 bits per heavy atom. The molecule has 150 valence electrons. The summed E-state index contributed by atoms with van der Waals surface area (Å²) in [4.78, 5) is 17.1. The predicted molar refractivity (Wildman–Crippen MR) is 119 cm³/mol. The normalized spacial score (nSPS) is 10.6. The fraction of sp³-hybridized carbons (Fsp3) is 0.0435. The Morgan fingerprint density at radius 3 is 2.60 bits per heavy atom. The van der Waals surface area contributed by atoms with Crippen LogP contribution >= 0.6 is 22.9 Å². The van der Waals surface area contributed by atoms with Crippen molar-refractivity contribution < 1.29 is 13.9 Å². The Morgan fingerprint density at radius 1 is 1.10 bits per heavy atom. The topological polar surface area (TPSA) is 51.2 Å². The summed E-state index contributed by atoms with van der Waals surface area (Å²) in [5, 5.41) is 5.94. The van der Waals surface area contributed by atoms with Crippen LogP contribution in [0.2, 0.25) is 5.02 Å². The highest BCUT2D eigenvalue weighted by Gasteiger charge is 2.15. The van der Waals surface area contributed by atoms with Gasteiger partial charge in [0.15, 0.2) is 0 Å². The molecule has 0 atom stereocenters. The van der Waals surface area contributed by atoms with Crippen molar-refractivity contribution in [3.8, 4) is 27.6 Å². The number of rotatable bonds is 5. The van der Waals surface area contributed by atoms with E-state index in [4.69, 9.17) is 16.3 Å². The quantitative estimate of drug-likeness (QED) is 0.385. The van der Waals surface area contributed by atoms with Crippen LogP contribution in [-0.2, 0) is 0 Å². The second-order valence-electron chi connectivity index (χ2n) is 6.40. The van der Waals surface area contributed by atoms with Gasteiger partial charge in [-0.05, 0) is 30.3 Å².